The summed E-state index contributed by atoms with van der Waals surface area (Å²) in [7, 11) is 0. The zero-order valence-electron chi connectivity index (χ0n) is 20.8. The van der Waals surface area contributed by atoms with Gasteiger partial charge in [0.15, 0.2) is 0 Å². The van der Waals surface area contributed by atoms with E-state index in [1.54, 1.807) is 11.1 Å². The van der Waals surface area contributed by atoms with Crippen molar-refractivity contribution in [2.45, 2.75) is 85.0 Å². The SMILES string of the molecule is Cc1ccc(C)c(NC(=O)NC[C@]2(C)CCC[C@]3(C)c4ccc(C(C)C)cc4CC[C@@H]23)c1. The fraction of sp³-hybridized carbons (Fsp3) is 0.552. The molecule has 2 amide bonds. The van der Waals surface area contributed by atoms with Gasteiger partial charge in [0, 0.05) is 12.2 Å². The number of nitrogens with one attached hydrogen (secondary N) is 2. The Morgan fingerprint density at radius 2 is 1.88 bits per heavy atom. The predicted octanol–water partition coefficient (Wildman–Crippen LogP) is 7.26. The molecule has 0 bridgehead atoms. The molecule has 3 heteroatoms. The van der Waals surface area contributed by atoms with Crippen molar-refractivity contribution in [2.24, 2.45) is 11.3 Å². The lowest BCUT2D eigenvalue weighted by Crippen LogP contribution is -2.53. The first-order valence-corrected chi connectivity index (χ1v) is 12.4. The summed E-state index contributed by atoms with van der Waals surface area (Å²) in [4.78, 5) is 12.8. The minimum atomic E-state index is -0.0926. The van der Waals surface area contributed by atoms with Gasteiger partial charge in [-0.25, -0.2) is 4.79 Å². The van der Waals surface area contributed by atoms with Crippen molar-refractivity contribution in [3.8, 4) is 0 Å². The van der Waals surface area contributed by atoms with Crippen LogP contribution in [0.15, 0.2) is 36.4 Å². The van der Waals surface area contributed by atoms with E-state index in [1.165, 1.54) is 31.2 Å². The molecule has 3 atom stereocenters. The summed E-state index contributed by atoms with van der Waals surface area (Å²) in [5, 5.41) is 6.31. The zero-order chi connectivity index (χ0) is 23.1. The smallest absolute Gasteiger partial charge is 0.319 e. The third-order valence-corrected chi connectivity index (χ3v) is 8.46. The van der Waals surface area contributed by atoms with Crippen molar-refractivity contribution < 1.29 is 4.79 Å². The largest absolute Gasteiger partial charge is 0.337 e. The second-order valence-electron chi connectivity index (χ2n) is 11.2. The highest BCUT2D eigenvalue weighted by Crippen LogP contribution is 2.57. The van der Waals surface area contributed by atoms with Gasteiger partial charge in [-0.2, -0.15) is 0 Å². The first-order chi connectivity index (χ1) is 15.1. The third-order valence-electron chi connectivity index (χ3n) is 8.46. The van der Waals surface area contributed by atoms with E-state index in [-0.39, 0.29) is 16.9 Å². The second-order valence-corrected chi connectivity index (χ2v) is 11.2. The maximum absolute atomic E-state index is 12.8. The number of carbonyl (C=O) groups is 1. The average molecular weight is 433 g/mol. The molecule has 0 saturated heterocycles. The number of aryl methyl sites for hydroxylation is 3. The van der Waals surface area contributed by atoms with E-state index >= 15 is 0 Å². The number of rotatable bonds is 4. The molecule has 1 fully saturated rings. The summed E-state index contributed by atoms with van der Waals surface area (Å²) in [6, 6.07) is 13.3. The molecule has 3 nitrogen and oxygen atoms in total. The van der Waals surface area contributed by atoms with E-state index in [0.29, 0.717) is 11.8 Å². The van der Waals surface area contributed by atoms with E-state index in [0.717, 1.165) is 29.8 Å². The Labute approximate surface area is 194 Å². The molecule has 2 aliphatic carbocycles. The normalized spacial score (nSPS) is 26.9. The molecule has 2 aliphatic rings. The molecule has 2 aromatic rings. The molecule has 0 heterocycles. The summed E-state index contributed by atoms with van der Waals surface area (Å²) >= 11 is 0. The lowest BCUT2D eigenvalue weighted by Gasteiger charge is -2.55. The number of amides is 2. The molecule has 4 rings (SSSR count). The van der Waals surface area contributed by atoms with Crippen LogP contribution in [0.25, 0.3) is 0 Å². The highest BCUT2D eigenvalue weighted by Gasteiger charge is 2.51. The molecule has 0 radical (unpaired) electrons. The van der Waals surface area contributed by atoms with Crippen LogP contribution in [0.3, 0.4) is 0 Å². The number of benzene rings is 2. The van der Waals surface area contributed by atoms with Gasteiger partial charge in [0.1, 0.15) is 0 Å². The third kappa shape index (κ3) is 4.19. The maximum Gasteiger partial charge on any atom is 0.319 e. The summed E-state index contributed by atoms with van der Waals surface area (Å²) in [6.45, 7) is 14.3. The van der Waals surface area contributed by atoms with Gasteiger partial charge in [0.2, 0.25) is 0 Å². The van der Waals surface area contributed by atoms with Crippen LogP contribution in [-0.2, 0) is 11.8 Å². The molecular weight excluding hydrogens is 392 g/mol. The van der Waals surface area contributed by atoms with Gasteiger partial charge in [0.25, 0.3) is 0 Å². The van der Waals surface area contributed by atoms with Crippen LogP contribution >= 0.6 is 0 Å². The predicted molar refractivity (Wildman–Crippen MR) is 135 cm³/mol. The van der Waals surface area contributed by atoms with E-state index in [2.05, 4.69) is 75.6 Å². The van der Waals surface area contributed by atoms with Gasteiger partial charge in [-0.05, 0) is 96.1 Å². The Bertz CT molecular complexity index is 1010. The number of hydrogen-bond donors (Lipinski definition) is 2. The molecule has 1 saturated carbocycles. The van der Waals surface area contributed by atoms with Crippen molar-refractivity contribution >= 4 is 11.7 Å². The molecule has 2 N–H and O–H groups in total. The summed E-state index contributed by atoms with van der Waals surface area (Å²) in [5.74, 6) is 1.16. The molecule has 32 heavy (non-hydrogen) atoms. The monoisotopic (exact) mass is 432 g/mol. The van der Waals surface area contributed by atoms with Crippen molar-refractivity contribution in [1.29, 1.82) is 0 Å². The van der Waals surface area contributed by atoms with E-state index in [1.807, 2.05) is 13.0 Å². The topological polar surface area (TPSA) is 41.1 Å². The van der Waals surface area contributed by atoms with Gasteiger partial charge in [-0.1, -0.05) is 64.4 Å². The van der Waals surface area contributed by atoms with Crippen molar-refractivity contribution in [3.05, 3.63) is 64.2 Å². The van der Waals surface area contributed by atoms with Crippen LogP contribution in [0.4, 0.5) is 10.5 Å². The van der Waals surface area contributed by atoms with Crippen LogP contribution < -0.4 is 10.6 Å². The molecule has 172 valence electrons. The number of hydrogen-bond acceptors (Lipinski definition) is 1. The lowest BCUT2D eigenvalue weighted by molar-refractivity contribution is 0.0281. The summed E-state index contributed by atoms with van der Waals surface area (Å²) < 4.78 is 0. The van der Waals surface area contributed by atoms with E-state index in [9.17, 15) is 4.79 Å². The van der Waals surface area contributed by atoms with Crippen molar-refractivity contribution in [1.82, 2.24) is 5.32 Å². The minimum absolute atomic E-state index is 0.0926. The first kappa shape index (κ1) is 22.9. The Morgan fingerprint density at radius 3 is 2.62 bits per heavy atom. The number of urea groups is 1. The number of carbonyl (C=O) groups excluding carboxylic acids is 1. The second kappa shape index (κ2) is 8.57. The molecule has 2 aromatic carbocycles. The molecule has 0 aromatic heterocycles. The zero-order valence-corrected chi connectivity index (χ0v) is 20.8. The molecule has 0 aliphatic heterocycles. The van der Waals surface area contributed by atoms with E-state index < -0.39 is 0 Å². The van der Waals surface area contributed by atoms with Crippen LogP contribution in [0.2, 0.25) is 0 Å². The van der Waals surface area contributed by atoms with Crippen LogP contribution in [0.1, 0.15) is 87.1 Å². The Hall–Kier alpha value is -2.29. The lowest BCUT2D eigenvalue weighted by atomic mass is 9.49. The maximum atomic E-state index is 12.8. The molecule has 0 unspecified atom stereocenters. The Kier molecular flexibility index (Phi) is 6.13. The minimum Gasteiger partial charge on any atom is -0.337 e. The number of fused-ring (bicyclic) bond motifs is 3. The van der Waals surface area contributed by atoms with E-state index in [4.69, 9.17) is 0 Å². The average Bonchev–Trinajstić information content (AvgIpc) is 2.74. The number of anilines is 1. The highest BCUT2D eigenvalue weighted by atomic mass is 16.2. The highest BCUT2D eigenvalue weighted by molar-refractivity contribution is 5.90. The fourth-order valence-corrected chi connectivity index (χ4v) is 6.53. The standard InChI is InChI=1S/C29H40N2O/c1-19(2)22-10-12-24-23(17-22)11-13-26-28(5,14-7-15-29(24,26)6)18-30-27(32)31-25-16-20(3)8-9-21(25)4/h8-10,12,16-17,19,26H,7,11,13-15,18H2,1-6H3,(H2,30,31,32)/t26-,28-,29+/m0/s1. The van der Waals surface area contributed by atoms with Crippen molar-refractivity contribution in [3.63, 3.8) is 0 Å². The quantitative estimate of drug-likeness (QED) is 0.524. The van der Waals surface area contributed by atoms with Gasteiger partial charge >= 0.3 is 6.03 Å². The van der Waals surface area contributed by atoms with Gasteiger partial charge < -0.3 is 10.6 Å². The van der Waals surface area contributed by atoms with Gasteiger partial charge in [-0.3, -0.25) is 0 Å². The van der Waals surface area contributed by atoms with Gasteiger partial charge in [-0.15, -0.1) is 0 Å². The van der Waals surface area contributed by atoms with Crippen LogP contribution in [0, 0.1) is 25.2 Å². The first-order valence-electron chi connectivity index (χ1n) is 12.4. The van der Waals surface area contributed by atoms with Crippen LogP contribution in [-0.4, -0.2) is 12.6 Å². The van der Waals surface area contributed by atoms with Crippen molar-refractivity contribution in [2.75, 3.05) is 11.9 Å². The summed E-state index contributed by atoms with van der Waals surface area (Å²) in [6.07, 6.45) is 6.00. The van der Waals surface area contributed by atoms with Crippen LogP contribution in [0.5, 0.6) is 0 Å². The fourth-order valence-electron chi connectivity index (χ4n) is 6.53. The molecule has 0 spiro atoms. The van der Waals surface area contributed by atoms with Gasteiger partial charge in [0.05, 0.1) is 0 Å². The molecular formula is C29H40N2O. The Morgan fingerprint density at radius 1 is 1.09 bits per heavy atom. The summed E-state index contributed by atoms with van der Waals surface area (Å²) in [5.41, 5.74) is 8.02. The Balaban J connectivity index is 1.50.